The highest BCUT2D eigenvalue weighted by atomic mass is 32.2. The molecule has 6 heteroatoms. The lowest BCUT2D eigenvalue weighted by atomic mass is 10.3. The summed E-state index contributed by atoms with van der Waals surface area (Å²) >= 11 is 3.08. The fourth-order valence-electron chi connectivity index (χ4n) is 1.80. The van der Waals surface area contributed by atoms with Crippen LogP contribution in [0.1, 0.15) is 5.56 Å². The van der Waals surface area contributed by atoms with Crippen molar-refractivity contribution in [2.75, 3.05) is 26.3 Å². The van der Waals surface area contributed by atoms with Crippen molar-refractivity contribution in [3.05, 3.63) is 27.3 Å². The van der Waals surface area contributed by atoms with E-state index < -0.39 is 0 Å². The van der Waals surface area contributed by atoms with Crippen molar-refractivity contribution in [1.29, 1.82) is 0 Å². The van der Waals surface area contributed by atoms with Crippen molar-refractivity contribution in [3.8, 4) is 0 Å². The third kappa shape index (κ3) is 2.50. The van der Waals surface area contributed by atoms with E-state index >= 15 is 0 Å². The van der Waals surface area contributed by atoms with Crippen LogP contribution < -0.4 is 0 Å². The maximum absolute atomic E-state index is 11.8. The van der Waals surface area contributed by atoms with Gasteiger partial charge in [0, 0.05) is 13.1 Å². The number of nitrogens with zero attached hydrogens (tertiary/aromatic N) is 2. The van der Waals surface area contributed by atoms with Gasteiger partial charge in [-0.2, -0.15) is 16.3 Å². The number of amides is 1. The highest BCUT2D eigenvalue weighted by molar-refractivity contribution is 8.18. The fraction of sp³-hybridized carbons (Fsp3) is 0.333. The molecule has 94 valence electrons. The SMILES string of the molecule is O=C1N=C(N2CCOCC2)SC1=Cc1ccsc1. The monoisotopic (exact) mass is 280 g/mol. The van der Waals surface area contributed by atoms with Crippen molar-refractivity contribution in [2.24, 2.45) is 4.99 Å². The molecule has 2 aliphatic rings. The Hall–Kier alpha value is -1.11. The molecule has 0 aromatic carbocycles. The van der Waals surface area contributed by atoms with Crippen LogP contribution in [-0.4, -0.2) is 42.3 Å². The van der Waals surface area contributed by atoms with Gasteiger partial charge in [-0.25, -0.2) is 0 Å². The van der Waals surface area contributed by atoms with Crippen molar-refractivity contribution < 1.29 is 9.53 Å². The van der Waals surface area contributed by atoms with Gasteiger partial charge in [0.25, 0.3) is 5.91 Å². The standard InChI is InChI=1S/C12H12N2O2S2/c15-11-10(7-9-1-6-17-8-9)18-12(13-11)14-2-4-16-5-3-14/h1,6-8H,2-5H2. The molecule has 0 N–H and O–H groups in total. The molecule has 0 bridgehead atoms. The lowest BCUT2D eigenvalue weighted by Crippen LogP contribution is -2.38. The van der Waals surface area contributed by atoms with Gasteiger partial charge in [0.15, 0.2) is 5.17 Å². The van der Waals surface area contributed by atoms with Gasteiger partial charge in [0.1, 0.15) is 0 Å². The number of hydrogen-bond donors (Lipinski definition) is 0. The van der Waals surface area contributed by atoms with Gasteiger partial charge in [0.2, 0.25) is 0 Å². The minimum Gasteiger partial charge on any atom is -0.378 e. The second-order valence-electron chi connectivity index (χ2n) is 3.97. The number of ether oxygens (including phenoxy) is 1. The lowest BCUT2D eigenvalue weighted by Gasteiger charge is -2.27. The Morgan fingerprint density at radius 2 is 2.22 bits per heavy atom. The van der Waals surface area contributed by atoms with E-state index in [0.717, 1.165) is 23.8 Å². The predicted molar refractivity (Wildman–Crippen MR) is 74.7 cm³/mol. The van der Waals surface area contributed by atoms with E-state index in [0.29, 0.717) is 18.1 Å². The first kappa shape index (κ1) is 12.0. The Labute approximate surface area is 113 Å². The number of thiophene rings is 1. The summed E-state index contributed by atoms with van der Waals surface area (Å²) in [7, 11) is 0. The van der Waals surface area contributed by atoms with E-state index in [1.807, 2.05) is 22.9 Å². The van der Waals surface area contributed by atoms with Crippen molar-refractivity contribution in [1.82, 2.24) is 4.90 Å². The third-order valence-corrected chi connectivity index (χ3v) is 4.48. The summed E-state index contributed by atoms with van der Waals surface area (Å²) in [6.07, 6.45) is 1.90. The predicted octanol–water partition coefficient (Wildman–Crippen LogP) is 2.05. The van der Waals surface area contributed by atoms with E-state index in [1.165, 1.54) is 11.8 Å². The zero-order valence-corrected chi connectivity index (χ0v) is 11.3. The molecule has 0 atom stereocenters. The van der Waals surface area contributed by atoms with Crippen LogP contribution in [0.5, 0.6) is 0 Å². The first-order valence-corrected chi connectivity index (χ1v) is 7.46. The maximum atomic E-state index is 11.8. The molecule has 3 rings (SSSR count). The quantitative estimate of drug-likeness (QED) is 0.738. The molecular weight excluding hydrogens is 268 g/mol. The van der Waals surface area contributed by atoms with Crippen LogP contribution in [0, 0.1) is 0 Å². The Morgan fingerprint density at radius 1 is 1.39 bits per heavy atom. The Kier molecular flexibility index (Phi) is 3.49. The number of amidine groups is 1. The molecular formula is C12H12N2O2S2. The zero-order valence-electron chi connectivity index (χ0n) is 9.67. The molecule has 1 saturated heterocycles. The van der Waals surface area contributed by atoms with Crippen molar-refractivity contribution in [2.45, 2.75) is 0 Å². The highest BCUT2D eigenvalue weighted by Crippen LogP contribution is 2.30. The molecule has 1 amide bonds. The first-order valence-electron chi connectivity index (χ1n) is 5.70. The summed E-state index contributed by atoms with van der Waals surface area (Å²) in [6, 6.07) is 2.00. The van der Waals surface area contributed by atoms with Crippen LogP contribution in [-0.2, 0) is 9.53 Å². The molecule has 3 heterocycles. The third-order valence-electron chi connectivity index (χ3n) is 2.73. The van der Waals surface area contributed by atoms with Gasteiger partial charge in [-0.05, 0) is 40.2 Å². The van der Waals surface area contributed by atoms with Crippen molar-refractivity contribution in [3.63, 3.8) is 0 Å². The number of hydrogen-bond acceptors (Lipinski definition) is 5. The number of morpholine rings is 1. The van der Waals surface area contributed by atoms with Crippen LogP contribution in [0.15, 0.2) is 26.7 Å². The minimum absolute atomic E-state index is 0.132. The van der Waals surface area contributed by atoms with Gasteiger partial charge in [-0.3, -0.25) is 4.79 Å². The molecule has 2 aliphatic heterocycles. The summed E-state index contributed by atoms with van der Waals surface area (Å²) in [6.45, 7) is 3.03. The van der Waals surface area contributed by atoms with Gasteiger partial charge < -0.3 is 9.64 Å². The summed E-state index contributed by atoms with van der Waals surface area (Å²) in [4.78, 5) is 18.8. The van der Waals surface area contributed by atoms with Gasteiger partial charge >= 0.3 is 0 Å². The van der Waals surface area contributed by atoms with Gasteiger partial charge in [0.05, 0.1) is 18.1 Å². The molecule has 0 saturated carbocycles. The molecule has 4 nitrogen and oxygen atoms in total. The highest BCUT2D eigenvalue weighted by Gasteiger charge is 2.26. The lowest BCUT2D eigenvalue weighted by molar-refractivity contribution is -0.113. The molecule has 1 aromatic heterocycles. The van der Waals surface area contributed by atoms with E-state index in [9.17, 15) is 4.79 Å². The largest absolute Gasteiger partial charge is 0.378 e. The molecule has 18 heavy (non-hydrogen) atoms. The maximum Gasteiger partial charge on any atom is 0.286 e. The van der Waals surface area contributed by atoms with Crippen LogP contribution in [0.2, 0.25) is 0 Å². The Balaban J connectivity index is 1.74. The first-order chi connectivity index (χ1) is 8.83. The molecule has 0 unspecified atom stereocenters. The second-order valence-corrected chi connectivity index (χ2v) is 5.76. The molecule has 1 fully saturated rings. The minimum atomic E-state index is -0.132. The zero-order chi connectivity index (χ0) is 12.4. The average Bonchev–Trinajstić information content (AvgIpc) is 3.02. The second kappa shape index (κ2) is 5.26. The number of carbonyl (C=O) groups is 1. The van der Waals surface area contributed by atoms with E-state index in [-0.39, 0.29) is 5.91 Å². The number of thioether (sulfide) groups is 1. The number of rotatable bonds is 1. The summed E-state index contributed by atoms with van der Waals surface area (Å²) in [5.41, 5.74) is 1.06. The van der Waals surface area contributed by atoms with Crippen LogP contribution in [0.3, 0.4) is 0 Å². The van der Waals surface area contributed by atoms with Crippen LogP contribution in [0.4, 0.5) is 0 Å². The van der Waals surface area contributed by atoms with Gasteiger partial charge in [-0.15, -0.1) is 0 Å². The van der Waals surface area contributed by atoms with E-state index in [4.69, 9.17) is 4.74 Å². The molecule has 0 spiro atoms. The average molecular weight is 280 g/mol. The number of carbonyl (C=O) groups excluding carboxylic acids is 1. The van der Waals surface area contributed by atoms with Crippen molar-refractivity contribution >= 4 is 40.2 Å². The number of aliphatic imine (C=N–C) groups is 1. The molecule has 0 radical (unpaired) electrons. The van der Waals surface area contributed by atoms with Crippen LogP contribution in [0.25, 0.3) is 6.08 Å². The Bertz CT molecular complexity index is 502. The Morgan fingerprint density at radius 3 is 2.94 bits per heavy atom. The molecule has 1 aromatic rings. The summed E-state index contributed by atoms with van der Waals surface area (Å²) in [5, 5.41) is 4.83. The van der Waals surface area contributed by atoms with E-state index in [1.54, 1.807) is 11.3 Å². The summed E-state index contributed by atoms with van der Waals surface area (Å²) < 4.78 is 5.29. The molecule has 0 aliphatic carbocycles. The van der Waals surface area contributed by atoms with Gasteiger partial charge in [-0.1, -0.05) is 0 Å². The topological polar surface area (TPSA) is 41.9 Å². The fourth-order valence-corrected chi connectivity index (χ4v) is 3.38. The normalized spacial score (nSPS) is 22.7. The van der Waals surface area contributed by atoms with Crippen LogP contribution >= 0.6 is 23.1 Å². The van der Waals surface area contributed by atoms with E-state index in [2.05, 4.69) is 9.89 Å². The summed E-state index contributed by atoms with van der Waals surface area (Å²) in [5.74, 6) is -0.132. The smallest absolute Gasteiger partial charge is 0.286 e.